The van der Waals surface area contributed by atoms with Crippen LogP contribution in [0.15, 0.2) is 200 Å². The highest BCUT2D eigenvalue weighted by Gasteiger charge is 2.30. The molecule has 0 saturated carbocycles. The van der Waals surface area contributed by atoms with Crippen LogP contribution in [0.2, 0.25) is 0 Å². The van der Waals surface area contributed by atoms with Gasteiger partial charge in [0.1, 0.15) is 0 Å². The van der Waals surface area contributed by atoms with Crippen LogP contribution in [0.4, 0.5) is 34.1 Å². The number of benzene rings is 8. The summed E-state index contributed by atoms with van der Waals surface area (Å²) in [6.07, 6.45) is 0. The van der Waals surface area contributed by atoms with Gasteiger partial charge in [0.25, 0.3) is 0 Å². The Hall–Kier alpha value is -6.84. The second kappa shape index (κ2) is 11.9. The van der Waals surface area contributed by atoms with Gasteiger partial charge < -0.3 is 14.4 Å². The van der Waals surface area contributed by atoms with E-state index in [2.05, 4.69) is 215 Å². The first kappa shape index (κ1) is 29.1. The summed E-state index contributed by atoms with van der Waals surface area (Å²) in [7, 11) is 0. The van der Waals surface area contributed by atoms with Gasteiger partial charge in [-0.2, -0.15) is 0 Å². The maximum absolute atomic E-state index is 2.39. The normalized spacial score (nSPS) is 12.2. The van der Waals surface area contributed by atoms with Crippen molar-refractivity contribution in [3.63, 3.8) is 0 Å². The van der Waals surface area contributed by atoms with E-state index < -0.39 is 0 Å². The summed E-state index contributed by atoms with van der Waals surface area (Å²) in [6.45, 7) is 0. The third-order valence-electron chi connectivity index (χ3n) is 10.1. The van der Waals surface area contributed by atoms with Gasteiger partial charge in [-0.15, -0.1) is 0 Å². The lowest BCUT2D eigenvalue weighted by molar-refractivity contribution is 1.17. The number of aromatic nitrogens is 1. The van der Waals surface area contributed by atoms with Crippen LogP contribution < -0.4 is 9.80 Å². The van der Waals surface area contributed by atoms with Crippen molar-refractivity contribution in [2.45, 2.75) is 0 Å². The van der Waals surface area contributed by atoms with Crippen molar-refractivity contribution in [3.8, 4) is 27.9 Å². The van der Waals surface area contributed by atoms with Crippen molar-refractivity contribution in [1.29, 1.82) is 0 Å². The molecule has 0 unspecified atom stereocenters. The van der Waals surface area contributed by atoms with E-state index in [9.17, 15) is 0 Å². The Morgan fingerprint density at radius 2 is 0.667 bits per heavy atom. The van der Waals surface area contributed by atoms with Gasteiger partial charge in [-0.25, -0.2) is 0 Å². The number of anilines is 6. The number of hydrogen-bond acceptors (Lipinski definition) is 2. The highest BCUT2D eigenvalue weighted by Crippen LogP contribution is 2.54. The molecule has 0 saturated heterocycles. The molecule has 51 heavy (non-hydrogen) atoms. The summed E-state index contributed by atoms with van der Waals surface area (Å²) in [5.41, 5.74) is 15.3. The van der Waals surface area contributed by atoms with Crippen LogP contribution >= 0.6 is 0 Å². The lowest BCUT2D eigenvalue weighted by Crippen LogP contribution is -2.23. The molecular weight excluding hydrogens is 619 g/mol. The molecule has 10 rings (SSSR count). The standard InChI is InChI=1S/C48H33N3/c1-3-13-34(14-4-1)35-23-28-39(29-24-35)50-45-19-9-11-21-47(45)51(48-22-12-10-20-46(48)50)40-30-25-36(26-31-40)37-27-32-44-42(33-37)41-17-7-8-18-43(41)49(44)38-15-5-2-6-16-38/h1-33H. The quantitative estimate of drug-likeness (QED) is 0.183. The molecule has 8 aromatic carbocycles. The maximum atomic E-state index is 2.39. The zero-order valence-corrected chi connectivity index (χ0v) is 27.9. The van der Waals surface area contributed by atoms with Gasteiger partial charge in [0.2, 0.25) is 0 Å². The molecule has 0 amide bonds. The van der Waals surface area contributed by atoms with Crippen molar-refractivity contribution >= 4 is 55.9 Å². The van der Waals surface area contributed by atoms with E-state index in [-0.39, 0.29) is 0 Å². The van der Waals surface area contributed by atoms with Crippen molar-refractivity contribution in [2.75, 3.05) is 9.80 Å². The fourth-order valence-electron chi connectivity index (χ4n) is 7.74. The molecule has 3 nitrogen and oxygen atoms in total. The molecule has 0 spiro atoms. The summed E-state index contributed by atoms with van der Waals surface area (Å²) < 4.78 is 2.36. The maximum Gasteiger partial charge on any atom is 0.0703 e. The molecule has 0 fully saturated rings. The van der Waals surface area contributed by atoms with Crippen LogP contribution in [0.5, 0.6) is 0 Å². The summed E-state index contributed by atoms with van der Waals surface area (Å²) in [5, 5.41) is 2.52. The van der Waals surface area contributed by atoms with Gasteiger partial charge in [-0.05, 0) is 101 Å². The van der Waals surface area contributed by atoms with Crippen LogP contribution in [0.25, 0.3) is 49.7 Å². The van der Waals surface area contributed by atoms with Crippen molar-refractivity contribution in [3.05, 3.63) is 200 Å². The van der Waals surface area contributed by atoms with E-state index in [0.717, 1.165) is 34.1 Å². The van der Waals surface area contributed by atoms with E-state index in [1.54, 1.807) is 0 Å². The van der Waals surface area contributed by atoms with E-state index >= 15 is 0 Å². The Morgan fingerprint density at radius 3 is 1.24 bits per heavy atom. The number of para-hydroxylation sites is 6. The van der Waals surface area contributed by atoms with Gasteiger partial charge >= 0.3 is 0 Å². The first-order chi connectivity index (χ1) is 25.3. The van der Waals surface area contributed by atoms with Crippen molar-refractivity contribution < 1.29 is 0 Å². The predicted molar refractivity (Wildman–Crippen MR) is 215 cm³/mol. The molecule has 0 aliphatic carbocycles. The van der Waals surface area contributed by atoms with E-state index in [0.29, 0.717) is 0 Å². The van der Waals surface area contributed by atoms with Crippen LogP contribution in [-0.2, 0) is 0 Å². The summed E-state index contributed by atoms with van der Waals surface area (Å²) in [6, 6.07) is 72.1. The zero-order chi connectivity index (χ0) is 33.7. The summed E-state index contributed by atoms with van der Waals surface area (Å²) >= 11 is 0. The third kappa shape index (κ3) is 4.82. The minimum Gasteiger partial charge on any atom is -0.309 e. The Kier molecular flexibility index (Phi) is 6.81. The Morgan fingerprint density at radius 1 is 0.255 bits per heavy atom. The van der Waals surface area contributed by atoms with Gasteiger partial charge in [0.15, 0.2) is 0 Å². The van der Waals surface area contributed by atoms with Crippen LogP contribution in [0.3, 0.4) is 0 Å². The van der Waals surface area contributed by atoms with Gasteiger partial charge in [-0.3, -0.25) is 0 Å². The van der Waals surface area contributed by atoms with Gasteiger partial charge in [0, 0.05) is 27.8 Å². The molecule has 0 bridgehead atoms. The number of nitrogens with zero attached hydrogens (tertiary/aromatic N) is 3. The minimum atomic E-state index is 1.12. The SMILES string of the molecule is c1ccc(-c2ccc(N3c4ccccc4N(c4ccc(-c5ccc6c(c5)c5ccccc5n6-c5ccccc5)cc4)c4ccccc43)cc2)cc1. The Bertz CT molecular complexity index is 2630. The number of hydrogen-bond donors (Lipinski definition) is 0. The monoisotopic (exact) mass is 651 g/mol. The van der Waals surface area contributed by atoms with E-state index in [1.165, 1.54) is 49.7 Å². The molecule has 1 aliphatic heterocycles. The lowest BCUT2D eigenvalue weighted by atomic mass is 10.0. The lowest BCUT2D eigenvalue weighted by Gasteiger charge is -2.40. The molecule has 3 heteroatoms. The summed E-state index contributed by atoms with van der Waals surface area (Å²) in [4.78, 5) is 4.77. The average molecular weight is 652 g/mol. The molecule has 0 radical (unpaired) electrons. The topological polar surface area (TPSA) is 11.4 Å². The molecule has 0 N–H and O–H groups in total. The van der Waals surface area contributed by atoms with Gasteiger partial charge in [0.05, 0.1) is 33.8 Å². The highest BCUT2D eigenvalue weighted by molar-refractivity contribution is 6.10. The summed E-state index contributed by atoms with van der Waals surface area (Å²) in [5.74, 6) is 0. The Labute approximate surface area is 297 Å². The second-order valence-electron chi connectivity index (χ2n) is 13.0. The third-order valence-corrected chi connectivity index (χ3v) is 10.1. The molecule has 2 heterocycles. The fourth-order valence-corrected chi connectivity index (χ4v) is 7.74. The molecule has 1 aromatic heterocycles. The number of rotatable bonds is 5. The smallest absolute Gasteiger partial charge is 0.0703 e. The van der Waals surface area contributed by atoms with Crippen molar-refractivity contribution in [2.24, 2.45) is 0 Å². The second-order valence-corrected chi connectivity index (χ2v) is 13.0. The largest absolute Gasteiger partial charge is 0.309 e. The van der Waals surface area contributed by atoms with Crippen LogP contribution in [-0.4, -0.2) is 4.57 Å². The minimum absolute atomic E-state index is 1.12. The van der Waals surface area contributed by atoms with E-state index in [1.807, 2.05) is 0 Å². The predicted octanol–water partition coefficient (Wildman–Crippen LogP) is 13.4. The molecule has 0 atom stereocenters. The zero-order valence-electron chi connectivity index (χ0n) is 27.9. The van der Waals surface area contributed by atoms with Crippen LogP contribution in [0, 0.1) is 0 Å². The highest BCUT2D eigenvalue weighted by atomic mass is 15.3. The average Bonchev–Trinajstić information content (AvgIpc) is 3.54. The van der Waals surface area contributed by atoms with Gasteiger partial charge in [-0.1, -0.05) is 121 Å². The fraction of sp³-hybridized carbons (Fsp3) is 0. The van der Waals surface area contributed by atoms with Crippen molar-refractivity contribution in [1.82, 2.24) is 4.57 Å². The first-order valence-electron chi connectivity index (χ1n) is 17.4. The first-order valence-corrected chi connectivity index (χ1v) is 17.4. The molecule has 240 valence electrons. The molecular formula is C48H33N3. The van der Waals surface area contributed by atoms with E-state index in [4.69, 9.17) is 0 Å². The molecule has 9 aromatic rings. The van der Waals surface area contributed by atoms with Crippen LogP contribution in [0.1, 0.15) is 0 Å². The Balaban J connectivity index is 1.03. The number of fused-ring (bicyclic) bond motifs is 5. The molecule has 1 aliphatic rings.